The number of nitrogens with zero attached hydrogens (tertiary/aromatic N) is 1. The number of aromatic amines is 1. The van der Waals surface area contributed by atoms with Gasteiger partial charge in [0.1, 0.15) is 6.04 Å². The van der Waals surface area contributed by atoms with Gasteiger partial charge in [-0.05, 0) is 29.2 Å². The van der Waals surface area contributed by atoms with Crippen LogP contribution in [-0.2, 0) is 29.0 Å². The second-order valence-corrected chi connectivity index (χ2v) is 6.96. The van der Waals surface area contributed by atoms with Gasteiger partial charge in [0, 0.05) is 30.1 Å². The smallest absolute Gasteiger partial charge is 0.326 e. The average Bonchev–Trinajstić information content (AvgIpc) is 3.09. The molecule has 4 rings (SSSR count). The Morgan fingerprint density at radius 1 is 1.15 bits per heavy atom. The van der Waals surface area contributed by atoms with Gasteiger partial charge in [-0.15, -0.1) is 0 Å². The lowest BCUT2D eigenvalue weighted by Crippen LogP contribution is -2.54. The molecule has 0 radical (unpaired) electrons. The Labute approximate surface area is 156 Å². The molecular weight excluding hydrogens is 342 g/mol. The molecule has 1 unspecified atom stereocenters. The van der Waals surface area contributed by atoms with E-state index in [9.17, 15) is 14.7 Å². The Hall–Kier alpha value is -3.12. The monoisotopic (exact) mass is 363 g/mol. The maximum absolute atomic E-state index is 13.0. The number of aromatic nitrogens is 1. The number of aliphatic carboxylic acids is 1. The second kappa shape index (κ2) is 6.89. The lowest BCUT2D eigenvalue weighted by Gasteiger charge is -2.36. The maximum Gasteiger partial charge on any atom is 0.326 e. The molecule has 2 heterocycles. The quantitative estimate of drug-likeness (QED) is 0.661. The minimum absolute atomic E-state index is 0.271. The van der Waals surface area contributed by atoms with Gasteiger partial charge in [-0.1, -0.05) is 42.5 Å². The van der Waals surface area contributed by atoms with E-state index in [0.29, 0.717) is 12.8 Å². The molecule has 4 N–H and O–H groups in total. The summed E-state index contributed by atoms with van der Waals surface area (Å²) in [6, 6.07) is 13.8. The van der Waals surface area contributed by atoms with E-state index in [1.54, 1.807) is 0 Å². The van der Waals surface area contributed by atoms with Crippen LogP contribution in [0.5, 0.6) is 0 Å². The number of fused-ring (bicyclic) bond motifs is 2. The summed E-state index contributed by atoms with van der Waals surface area (Å²) in [7, 11) is 0. The van der Waals surface area contributed by atoms with Crippen molar-refractivity contribution >= 4 is 22.8 Å². The number of nitrogens with one attached hydrogen (secondary N) is 1. The first-order valence-electron chi connectivity index (χ1n) is 8.95. The third-order valence-corrected chi connectivity index (χ3v) is 5.25. The van der Waals surface area contributed by atoms with E-state index in [0.717, 1.165) is 27.6 Å². The molecule has 3 aromatic rings. The van der Waals surface area contributed by atoms with Crippen molar-refractivity contribution in [1.29, 1.82) is 0 Å². The van der Waals surface area contributed by atoms with Gasteiger partial charge in [-0.25, -0.2) is 4.79 Å². The molecular formula is C21H21N3O3. The number of carbonyl (C=O) groups is 2. The fourth-order valence-corrected chi connectivity index (χ4v) is 3.81. The number of hydrogen-bond donors (Lipinski definition) is 3. The molecule has 1 amide bonds. The zero-order valence-corrected chi connectivity index (χ0v) is 14.8. The number of carboxylic acid groups (broad SMARTS) is 1. The molecule has 6 nitrogen and oxygen atoms in total. The summed E-state index contributed by atoms with van der Waals surface area (Å²) in [6.45, 7) is 0.271. The highest BCUT2D eigenvalue weighted by atomic mass is 16.4. The summed E-state index contributed by atoms with van der Waals surface area (Å²) in [5.41, 5.74) is 10.1. The lowest BCUT2D eigenvalue weighted by atomic mass is 9.93. The lowest BCUT2D eigenvalue weighted by molar-refractivity contribution is -0.152. The zero-order chi connectivity index (χ0) is 19.0. The highest BCUT2D eigenvalue weighted by Crippen LogP contribution is 2.25. The number of nitrogens with two attached hydrogens (primary N) is 1. The third kappa shape index (κ3) is 3.19. The summed E-state index contributed by atoms with van der Waals surface area (Å²) in [4.78, 5) is 29.4. The fourth-order valence-electron chi connectivity index (χ4n) is 3.81. The number of para-hydroxylation sites is 1. The largest absolute Gasteiger partial charge is 0.480 e. The van der Waals surface area contributed by atoms with Crippen LogP contribution >= 0.6 is 0 Å². The van der Waals surface area contributed by atoms with Crippen LogP contribution in [0.2, 0.25) is 0 Å². The molecule has 27 heavy (non-hydrogen) atoms. The summed E-state index contributed by atoms with van der Waals surface area (Å²) in [5.74, 6) is -1.33. The Bertz CT molecular complexity index is 1010. The normalized spacial score (nSPS) is 17.5. The van der Waals surface area contributed by atoms with Crippen molar-refractivity contribution in [3.63, 3.8) is 0 Å². The number of rotatable bonds is 4. The number of carbonyl (C=O) groups excluding carboxylic acids is 1. The van der Waals surface area contributed by atoms with Crippen molar-refractivity contribution in [2.75, 3.05) is 0 Å². The van der Waals surface area contributed by atoms with Gasteiger partial charge in [0.2, 0.25) is 5.91 Å². The minimum Gasteiger partial charge on any atom is -0.480 e. The van der Waals surface area contributed by atoms with Gasteiger partial charge in [-0.3, -0.25) is 4.79 Å². The Morgan fingerprint density at radius 3 is 2.63 bits per heavy atom. The molecule has 1 aromatic heterocycles. The van der Waals surface area contributed by atoms with Crippen molar-refractivity contribution in [3.8, 4) is 0 Å². The topological polar surface area (TPSA) is 99.4 Å². The summed E-state index contributed by atoms with van der Waals surface area (Å²) < 4.78 is 0. The van der Waals surface area contributed by atoms with Crippen LogP contribution in [0.3, 0.4) is 0 Å². The minimum atomic E-state index is -1.00. The molecule has 1 aliphatic rings. The number of benzene rings is 2. The maximum atomic E-state index is 13.0. The zero-order valence-electron chi connectivity index (χ0n) is 14.8. The summed E-state index contributed by atoms with van der Waals surface area (Å²) >= 11 is 0. The molecule has 0 aliphatic carbocycles. The van der Waals surface area contributed by atoms with Crippen LogP contribution in [0.1, 0.15) is 16.7 Å². The molecule has 0 spiro atoms. The van der Waals surface area contributed by atoms with E-state index in [2.05, 4.69) is 4.98 Å². The van der Waals surface area contributed by atoms with E-state index >= 15 is 0 Å². The summed E-state index contributed by atoms with van der Waals surface area (Å²) in [5, 5.41) is 10.7. The standard InChI is InChI=1S/C21H21N3O3/c22-17(9-15-11-23-18-8-4-3-7-16(15)18)20(25)24-12-14-6-2-1-5-13(14)10-19(24)21(26)27/h1-8,11,17,19,23H,9-10,12,22H2,(H,26,27)/t17-,19?/m0/s1. The molecule has 0 fully saturated rings. The van der Waals surface area contributed by atoms with E-state index < -0.39 is 18.1 Å². The highest BCUT2D eigenvalue weighted by molar-refractivity contribution is 5.89. The predicted octanol–water partition coefficient (Wildman–Crippen LogP) is 2.08. The first kappa shape index (κ1) is 17.3. The Morgan fingerprint density at radius 2 is 1.85 bits per heavy atom. The number of H-pyrrole nitrogens is 1. The molecule has 0 saturated heterocycles. The highest BCUT2D eigenvalue weighted by Gasteiger charge is 2.36. The molecule has 6 heteroatoms. The number of carboxylic acids is 1. The van der Waals surface area contributed by atoms with E-state index in [1.807, 2.05) is 54.7 Å². The van der Waals surface area contributed by atoms with Gasteiger partial charge in [0.15, 0.2) is 0 Å². The van der Waals surface area contributed by atoms with Gasteiger partial charge in [0.25, 0.3) is 0 Å². The fraction of sp³-hybridized carbons (Fsp3) is 0.238. The van der Waals surface area contributed by atoms with Crippen LogP contribution in [0, 0.1) is 0 Å². The van der Waals surface area contributed by atoms with Crippen LogP contribution in [-0.4, -0.2) is 39.0 Å². The van der Waals surface area contributed by atoms with Gasteiger partial charge in [0.05, 0.1) is 6.04 Å². The van der Waals surface area contributed by atoms with Crippen LogP contribution in [0.15, 0.2) is 54.7 Å². The molecule has 0 saturated carbocycles. The molecule has 2 aromatic carbocycles. The van der Waals surface area contributed by atoms with Crippen molar-refractivity contribution in [2.24, 2.45) is 5.73 Å². The molecule has 0 bridgehead atoms. The van der Waals surface area contributed by atoms with Gasteiger partial charge < -0.3 is 20.7 Å². The van der Waals surface area contributed by atoms with Crippen molar-refractivity contribution < 1.29 is 14.7 Å². The Kier molecular flexibility index (Phi) is 4.41. The molecule has 138 valence electrons. The first-order chi connectivity index (χ1) is 13.0. The number of amides is 1. The second-order valence-electron chi connectivity index (χ2n) is 6.96. The van der Waals surface area contributed by atoms with Crippen molar-refractivity contribution in [3.05, 3.63) is 71.4 Å². The van der Waals surface area contributed by atoms with Crippen LogP contribution in [0.25, 0.3) is 10.9 Å². The van der Waals surface area contributed by atoms with Crippen LogP contribution in [0.4, 0.5) is 0 Å². The third-order valence-electron chi connectivity index (χ3n) is 5.25. The average molecular weight is 363 g/mol. The first-order valence-corrected chi connectivity index (χ1v) is 8.95. The van der Waals surface area contributed by atoms with Crippen molar-refractivity contribution in [1.82, 2.24) is 9.88 Å². The van der Waals surface area contributed by atoms with Crippen molar-refractivity contribution in [2.45, 2.75) is 31.5 Å². The van der Waals surface area contributed by atoms with E-state index in [1.165, 1.54) is 4.90 Å². The molecule has 2 atom stereocenters. The SMILES string of the molecule is N[C@@H](Cc1c[nH]c2ccccc12)C(=O)N1Cc2ccccc2CC1C(=O)O. The number of hydrogen-bond acceptors (Lipinski definition) is 3. The van der Waals surface area contributed by atoms with Crippen LogP contribution < -0.4 is 5.73 Å². The van der Waals surface area contributed by atoms with E-state index in [4.69, 9.17) is 5.73 Å². The summed E-state index contributed by atoms with van der Waals surface area (Å²) in [6.07, 6.45) is 2.52. The predicted molar refractivity (Wildman–Crippen MR) is 102 cm³/mol. The van der Waals surface area contributed by atoms with Gasteiger partial charge in [-0.2, -0.15) is 0 Å². The van der Waals surface area contributed by atoms with Gasteiger partial charge >= 0.3 is 5.97 Å². The van der Waals surface area contributed by atoms with E-state index in [-0.39, 0.29) is 12.5 Å². The Balaban J connectivity index is 1.57. The molecule has 1 aliphatic heterocycles.